The van der Waals surface area contributed by atoms with Crippen molar-refractivity contribution in [3.63, 3.8) is 0 Å². The summed E-state index contributed by atoms with van der Waals surface area (Å²) in [6.07, 6.45) is 3.61. The summed E-state index contributed by atoms with van der Waals surface area (Å²) < 4.78 is 2.24. The molecule has 0 bridgehead atoms. The molecular formula is C10H16BrN3O. The van der Waals surface area contributed by atoms with E-state index >= 15 is 0 Å². The van der Waals surface area contributed by atoms with Gasteiger partial charge in [-0.3, -0.25) is 9.36 Å². The van der Waals surface area contributed by atoms with E-state index in [-0.39, 0.29) is 5.56 Å². The summed E-state index contributed by atoms with van der Waals surface area (Å²) in [6.45, 7) is 3.57. The zero-order chi connectivity index (χ0) is 11.3. The second-order valence-corrected chi connectivity index (χ2v) is 4.28. The van der Waals surface area contributed by atoms with Crippen molar-refractivity contribution in [1.82, 2.24) is 14.9 Å². The maximum atomic E-state index is 11.7. The van der Waals surface area contributed by atoms with Gasteiger partial charge in [-0.15, -0.1) is 0 Å². The van der Waals surface area contributed by atoms with Crippen LogP contribution in [0.4, 0.5) is 0 Å². The van der Waals surface area contributed by atoms with Gasteiger partial charge in [-0.25, -0.2) is 4.98 Å². The molecule has 4 nitrogen and oxygen atoms in total. The van der Waals surface area contributed by atoms with Crippen LogP contribution in [0.5, 0.6) is 0 Å². The van der Waals surface area contributed by atoms with E-state index < -0.39 is 0 Å². The van der Waals surface area contributed by atoms with Crippen molar-refractivity contribution in [2.45, 2.75) is 26.3 Å². The molecule has 1 heterocycles. The Labute approximate surface area is 97.8 Å². The highest BCUT2D eigenvalue weighted by molar-refractivity contribution is 9.10. The quantitative estimate of drug-likeness (QED) is 0.824. The molecule has 0 aromatic carbocycles. The Morgan fingerprint density at radius 1 is 1.53 bits per heavy atom. The Hall–Kier alpha value is -0.680. The van der Waals surface area contributed by atoms with E-state index in [0.717, 1.165) is 31.8 Å². The molecule has 0 unspecified atom stereocenters. The lowest BCUT2D eigenvalue weighted by atomic mass is 10.3. The number of hydrogen-bond acceptors (Lipinski definition) is 3. The summed E-state index contributed by atoms with van der Waals surface area (Å²) in [5.41, 5.74) is 0.00644. The summed E-state index contributed by atoms with van der Waals surface area (Å²) in [4.78, 5) is 15.9. The second-order valence-electron chi connectivity index (χ2n) is 3.42. The van der Waals surface area contributed by atoms with E-state index in [0.29, 0.717) is 4.47 Å². The van der Waals surface area contributed by atoms with Crippen molar-refractivity contribution >= 4 is 15.9 Å². The lowest BCUT2D eigenvalue weighted by Crippen LogP contribution is -2.24. The topological polar surface area (TPSA) is 46.9 Å². The van der Waals surface area contributed by atoms with Crippen molar-refractivity contribution in [3.05, 3.63) is 26.8 Å². The third kappa shape index (κ3) is 3.43. The number of nitrogens with zero attached hydrogens (tertiary/aromatic N) is 2. The molecule has 0 saturated carbocycles. The zero-order valence-corrected chi connectivity index (χ0v) is 10.7. The Bertz CT molecular complexity index is 375. The van der Waals surface area contributed by atoms with Crippen LogP contribution in [0.1, 0.15) is 18.7 Å². The molecule has 0 atom stereocenters. The van der Waals surface area contributed by atoms with Crippen molar-refractivity contribution in [2.75, 3.05) is 13.6 Å². The molecule has 1 aromatic rings. The van der Waals surface area contributed by atoms with Gasteiger partial charge in [0, 0.05) is 12.7 Å². The van der Waals surface area contributed by atoms with E-state index in [1.807, 2.05) is 14.0 Å². The summed E-state index contributed by atoms with van der Waals surface area (Å²) in [5.74, 6) is 0.771. The maximum Gasteiger partial charge on any atom is 0.267 e. The Kier molecular flexibility index (Phi) is 4.98. The van der Waals surface area contributed by atoms with E-state index in [1.54, 1.807) is 10.8 Å². The largest absolute Gasteiger partial charge is 0.320 e. The van der Waals surface area contributed by atoms with Crippen molar-refractivity contribution < 1.29 is 0 Å². The van der Waals surface area contributed by atoms with E-state index in [9.17, 15) is 4.79 Å². The molecule has 0 aliphatic carbocycles. The van der Waals surface area contributed by atoms with Gasteiger partial charge >= 0.3 is 0 Å². The highest BCUT2D eigenvalue weighted by Crippen LogP contribution is 2.02. The fourth-order valence-electron chi connectivity index (χ4n) is 1.39. The fraction of sp³-hybridized carbons (Fsp3) is 0.600. The van der Waals surface area contributed by atoms with Gasteiger partial charge in [0.1, 0.15) is 10.3 Å². The molecule has 1 N–H and O–H groups in total. The molecule has 1 aromatic heterocycles. The highest BCUT2D eigenvalue weighted by Gasteiger charge is 2.04. The predicted molar refractivity (Wildman–Crippen MR) is 64.1 cm³/mol. The smallest absolute Gasteiger partial charge is 0.267 e. The molecule has 0 aliphatic heterocycles. The summed E-state index contributed by atoms with van der Waals surface area (Å²) in [5, 5.41) is 3.08. The van der Waals surface area contributed by atoms with Crippen molar-refractivity contribution in [3.8, 4) is 0 Å². The maximum absolute atomic E-state index is 11.7. The Morgan fingerprint density at radius 2 is 2.27 bits per heavy atom. The lowest BCUT2D eigenvalue weighted by Gasteiger charge is -2.08. The van der Waals surface area contributed by atoms with Gasteiger partial charge in [-0.1, -0.05) is 0 Å². The second kappa shape index (κ2) is 6.02. The standard InChI is InChI=1S/C10H16BrN3O/c1-8-13-7-9(11)10(15)14(8)6-4-3-5-12-2/h7,12H,3-6H2,1-2H3. The Balaban J connectivity index is 2.68. The van der Waals surface area contributed by atoms with Crippen LogP contribution >= 0.6 is 15.9 Å². The molecule has 0 saturated heterocycles. The van der Waals surface area contributed by atoms with Gasteiger partial charge in [0.05, 0.1) is 0 Å². The number of nitrogens with one attached hydrogen (secondary N) is 1. The third-order valence-corrected chi connectivity index (χ3v) is 2.81. The monoisotopic (exact) mass is 273 g/mol. The number of unbranched alkanes of at least 4 members (excludes halogenated alkanes) is 1. The average Bonchev–Trinajstić information content (AvgIpc) is 2.23. The molecule has 1 rings (SSSR count). The van der Waals surface area contributed by atoms with Crippen LogP contribution < -0.4 is 10.9 Å². The molecule has 84 valence electrons. The van der Waals surface area contributed by atoms with Gasteiger partial charge in [0.2, 0.25) is 0 Å². The zero-order valence-electron chi connectivity index (χ0n) is 9.09. The number of halogens is 1. The van der Waals surface area contributed by atoms with E-state index in [4.69, 9.17) is 0 Å². The first kappa shape index (κ1) is 12.4. The Morgan fingerprint density at radius 3 is 2.93 bits per heavy atom. The molecule has 0 amide bonds. The molecule has 0 spiro atoms. The van der Waals surface area contributed by atoms with E-state index in [2.05, 4.69) is 26.2 Å². The molecule has 0 radical (unpaired) electrons. The van der Waals surface area contributed by atoms with Crippen LogP contribution in [0.2, 0.25) is 0 Å². The number of aryl methyl sites for hydroxylation is 1. The van der Waals surface area contributed by atoms with Crippen molar-refractivity contribution in [1.29, 1.82) is 0 Å². The lowest BCUT2D eigenvalue weighted by molar-refractivity contribution is 0.557. The summed E-state index contributed by atoms with van der Waals surface area (Å²) in [6, 6.07) is 0. The van der Waals surface area contributed by atoms with Crippen LogP contribution in [-0.4, -0.2) is 23.1 Å². The predicted octanol–water partition coefficient (Wildman–Crippen LogP) is 1.31. The number of hydrogen-bond donors (Lipinski definition) is 1. The normalized spacial score (nSPS) is 10.6. The van der Waals surface area contributed by atoms with Gasteiger partial charge in [0.25, 0.3) is 5.56 Å². The molecular weight excluding hydrogens is 258 g/mol. The van der Waals surface area contributed by atoms with E-state index in [1.165, 1.54) is 0 Å². The van der Waals surface area contributed by atoms with Crippen molar-refractivity contribution in [2.24, 2.45) is 0 Å². The summed E-state index contributed by atoms with van der Waals surface area (Å²) in [7, 11) is 1.93. The molecule has 5 heteroatoms. The fourth-order valence-corrected chi connectivity index (χ4v) is 1.70. The minimum absolute atomic E-state index is 0.00644. The number of aromatic nitrogens is 2. The third-order valence-electron chi connectivity index (χ3n) is 2.26. The van der Waals surface area contributed by atoms with Gasteiger partial charge < -0.3 is 5.32 Å². The first-order valence-corrected chi connectivity index (χ1v) is 5.82. The minimum atomic E-state index is 0.00644. The minimum Gasteiger partial charge on any atom is -0.320 e. The van der Waals surface area contributed by atoms with Gasteiger partial charge in [-0.05, 0) is 49.3 Å². The molecule has 0 fully saturated rings. The average molecular weight is 274 g/mol. The molecule has 0 aliphatic rings. The van der Waals surface area contributed by atoms with Crippen LogP contribution in [0, 0.1) is 6.92 Å². The van der Waals surface area contributed by atoms with Crippen LogP contribution in [-0.2, 0) is 6.54 Å². The van der Waals surface area contributed by atoms with Crippen LogP contribution in [0.15, 0.2) is 15.5 Å². The first-order valence-electron chi connectivity index (χ1n) is 5.03. The first-order chi connectivity index (χ1) is 7.16. The SMILES string of the molecule is CNCCCCn1c(C)ncc(Br)c1=O. The van der Waals surface area contributed by atoms with Gasteiger partial charge in [-0.2, -0.15) is 0 Å². The molecule has 15 heavy (non-hydrogen) atoms. The summed E-state index contributed by atoms with van der Waals surface area (Å²) >= 11 is 3.19. The van der Waals surface area contributed by atoms with Gasteiger partial charge in [0.15, 0.2) is 0 Å². The number of rotatable bonds is 5. The van der Waals surface area contributed by atoms with Crippen LogP contribution in [0.25, 0.3) is 0 Å². The van der Waals surface area contributed by atoms with Crippen LogP contribution in [0.3, 0.4) is 0 Å². The highest BCUT2D eigenvalue weighted by atomic mass is 79.9.